The molecule has 0 spiro atoms. The van der Waals surface area contributed by atoms with Gasteiger partial charge in [0.15, 0.2) is 0 Å². The van der Waals surface area contributed by atoms with E-state index in [1.165, 1.54) is 0 Å². The normalized spacial score (nSPS) is 15.6. The van der Waals surface area contributed by atoms with Crippen LogP contribution in [-0.2, 0) is 4.74 Å². The SMILES string of the molecule is C=C(C)c1ccc2c(c1)C(=C)N(C(=N)COCC)C/C(=C(/C)c1cc(C)on1)N2CC. The number of benzene rings is 1. The molecular formula is C25H32N4O2. The Morgan fingerprint density at radius 3 is 2.58 bits per heavy atom. The van der Waals surface area contributed by atoms with Gasteiger partial charge >= 0.3 is 0 Å². The molecule has 0 radical (unpaired) electrons. The van der Waals surface area contributed by atoms with Gasteiger partial charge in [0.05, 0.1) is 12.2 Å². The van der Waals surface area contributed by atoms with Crippen molar-refractivity contribution in [2.75, 3.05) is 31.2 Å². The Morgan fingerprint density at radius 1 is 1.26 bits per heavy atom. The zero-order chi connectivity index (χ0) is 22.7. The van der Waals surface area contributed by atoms with Crippen LogP contribution in [-0.4, -0.2) is 42.2 Å². The van der Waals surface area contributed by atoms with Crippen LogP contribution >= 0.6 is 0 Å². The number of likely N-dealkylation sites (N-methyl/N-ethyl adjacent to an activating group) is 1. The molecule has 31 heavy (non-hydrogen) atoms. The standard InChI is InChI=1S/C25H32N4O2/c1-8-28-23-11-10-20(16(3)4)13-21(23)19(7)29(25(26)15-30-9-2)14-24(28)18(6)22-12-17(5)31-27-22/h10-13,26H,3,7-9,14-15H2,1-2,4-6H3/b24-18+,26-25?. The number of amidine groups is 1. The summed E-state index contributed by atoms with van der Waals surface area (Å²) >= 11 is 0. The first-order valence-electron chi connectivity index (χ1n) is 10.6. The molecule has 2 aromatic rings. The van der Waals surface area contributed by atoms with Crippen molar-refractivity contribution in [2.24, 2.45) is 0 Å². The highest BCUT2D eigenvalue weighted by atomic mass is 16.5. The first-order valence-corrected chi connectivity index (χ1v) is 10.6. The maximum absolute atomic E-state index is 8.70. The third kappa shape index (κ3) is 4.49. The molecule has 0 unspecified atom stereocenters. The van der Waals surface area contributed by atoms with Gasteiger partial charge in [-0.2, -0.15) is 0 Å². The number of fused-ring (bicyclic) bond motifs is 1. The van der Waals surface area contributed by atoms with Gasteiger partial charge in [0.1, 0.15) is 23.9 Å². The van der Waals surface area contributed by atoms with Gasteiger partial charge in [-0.05, 0) is 57.9 Å². The van der Waals surface area contributed by atoms with E-state index in [2.05, 4.69) is 55.3 Å². The lowest BCUT2D eigenvalue weighted by atomic mass is 10.0. The van der Waals surface area contributed by atoms with E-state index in [9.17, 15) is 0 Å². The highest BCUT2D eigenvalue weighted by Gasteiger charge is 2.29. The van der Waals surface area contributed by atoms with E-state index in [0.29, 0.717) is 19.0 Å². The Kier molecular flexibility index (Phi) is 6.81. The number of ether oxygens (including phenoxy) is 1. The summed E-state index contributed by atoms with van der Waals surface area (Å²) in [6, 6.07) is 8.26. The largest absolute Gasteiger partial charge is 0.374 e. The highest BCUT2D eigenvalue weighted by Crippen LogP contribution is 2.38. The molecule has 3 rings (SSSR count). The zero-order valence-corrected chi connectivity index (χ0v) is 19.2. The fourth-order valence-corrected chi connectivity index (χ4v) is 3.80. The Bertz CT molecular complexity index is 1050. The van der Waals surface area contributed by atoms with Crippen LogP contribution in [0.3, 0.4) is 0 Å². The average molecular weight is 421 g/mol. The van der Waals surface area contributed by atoms with Crippen molar-refractivity contribution in [3.05, 3.63) is 65.7 Å². The van der Waals surface area contributed by atoms with Gasteiger partial charge in [-0.15, -0.1) is 0 Å². The summed E-state index contributed by atoms with van der Waals surface area (Å²) in [5, 5.41) is 12.9. The highest BCUT2D eigenvalue weighted by molar-refractivity contribution is 5.94. The van der Waals surface area contributed by atoms with Crippen LogP contribution in [0.1, 0.15) is 50.3 Å². The van der Waals surface area contributed by atoms with Gasteiger partial charge in [-0.3, -0.25) is 5.41 Å². The van der Waals surface area contributed by atoms with E-state index in [4.69, 9.17) is 14.7 Å². The minimum atomic E-state index is 0.229. The summed E-state index contributed by atoms with van der Waals surface area (Å²) in [5.41, 5.74) is 7.74. The lowest BCUT2D eigenvalue weighted by Crippen LogP contribution is -2.35. The van der Waals surface area contributed by atoms with Gasteiger partial charge in [0.2, 0.25) is 0 Å². The molecule has 0 saturated heterocycles. The fraction of sp³-hybridized carbons (Fsp3) is 0.360. The van der Waals surface area contributed by atoms with Crippen LogP contribution in [0.4, 0.5) is 5.69 Å². The topological polar surface area (TPSA) is 65.6 Å². The number of allylic oxidation sites excluding steroid dienone is 2. The van der Waals surface area contributed by atoms with Crippen LogP contribution in [0, 0.1) is 12.3 Å². The molecule has 0 aliphatic carbocycles. The van der Waals surface area contributed by atoms with E-state index < -0.39 is 0 Å². The van der Waals surface area contributed by atoms with Crippen LogP contribution in [0.2, 0.25) is 0 Å². The minimum Gasteiger partial charge on any atom is -0.374 e. The van der Waals surface area contributed by atoms with Crippen LogP contribution < -0.4 is 4.90 Å². The summed E-state index contributed by atoms with van der Waals surface area (Å²) < 4.78 is 10.9. The Balaban J connectivity index is 2.22. The molecule has 164 valence electrons. The van der Waals surface area contributed by atoms with Crippen molar-refractivity contribution in [1.82, 2.24) is 10.1 Å². The van der Waals surface area contributed by atoms with Gasteiger partial charge < -0.3 is 19.1 Å². The maximum atomic E-state index is 8.70. The fourth-order valence-electron chi connectivity index (χ4n) is 3.80. The predicted octanol–water partition coefficient (Wildman–Crippen LogP) is 5.57. The van der Waals surface area contributed by atoms with Crippen molar-refractivity contribution in [3.63, 3.8) is 0 Å². The number of hydrogen-bond acceptors (Lipinski definition) is 5. The molecule has 1 aliphatic rings. The number of nitrogens with zero attached hydrogens (tertiary/aromatic N) is 3. The van der Waals surface area contributed by atoms with Crippen LogP contribution in [0.15, 0.2) is 47.6 Å². The average Bonchev–Trinajstić information content (AvgIpc) is 3.14. The smallest absolute Gasteiger partial charge is 0.134 e. The molecule has 6 nitrogen and oxygen atoms in total. The second-order valence-electron chi connectivity index (χ2n) is 7.77. The van der Waals surface area contributed by atoms with Gasteiger partial charge in [-0.1, -0.05) is 30.0 Å². The molecule has 6 heteroatoms. The van der Waals surface area contributed by atoms with Crippen LogP contribution in [0.5, 0.6) is 0 Å². The second kappa shape index (κ2) is 9.35. The van der Waals surface area contributed by atoms with E-state index in [1.807, 2.05) is 31.7 Å². The van der Waals surface area contributed by atoms with E-state index in [1.54, 1.807) is 0 Å². The maximum Gasteiger partial charge on any atom is 0.134 e. The molecule has 0 bridgehead atoms. The molecule has 1 aromatic carbocycles. The number of nitrogens with one attached hydrogen (secondary N) is 1. The predicted molar refractivity (Wildman–Crippen MR) is 128 cm³/mol. The molecule has 0 amide bonds. The third-order valence-electron chi connectivity index (χ3n) is 5.58. The van der Waals surface area contributed by atoms with Crippen molar-refractivity contribution >= 4 is 28.4 Å². The summed E-state index contributed by atoms with van der Waals surface area (Å²) in [6.45, 7) is 20.5. The monoisotopic (exact) mass is 420 g/mol. The number of aryl methyl sites for hydroxylation is 1. The summed E-state index contributed by atoms with van der Waals surface area (Å²) in [6.07, 6.45) is 0. The summed E-state index contributed by atoms with van der Waals surface area (Å²) in [4.78, 5) is 4.20. The molecule has 2 heterocycles. The molecule has 1 aromatic heterocycles. The summed E-state index contributed by atoms with van der Waals surface area (Å²) in [7, 11) is 0. The Morgan fingerprint density at radius 2 is 2.00 bits per heavy atom. The van der Waals surface area contributed by atoms with Crippen LogP contribution in [0.25, 0.3) is 16.8 Å². The third-order valence-corrected chi connectivity index (χ3v) is 5.58. The number of rotatable bonds is 6. The number of hydrogen-bond donors (Lipinski definition) is 1. The van der Waals surface area contributed by atoms with E-state index in [-0.39, 0.29) is 6.61 Å². The van der Waals surface area contributed by atoms with Crippen molar-refractivity contribution < 1.29 is 9.26 Å². The first kappa shape index (κ1) is 22.6. The zero-order valence-electron chi connectivity index (χ0n) is 19.2. The van der Waals surface area contributed by atoms with Gasteiger partial charge in [-0.25, -0.2) is 0 Å². The molecular weight excluding hydrogens is 388 g/mol. The first-order chi connectivity index (χ1) is 14.8. The van der Waals surface area contributed by atoms with Crippen molar-refractivity contribution in [3.8, 4) is 0 Å². The van der Waals surface area contributed by atoms with E-state index >= 15 is 0 Å². The quantitative estimate of drug-likeness (QED) is 0.489. The lowest BCUT2D eigenvalue weighted by Gasteiger charge is -2.29. The van der Waals surface area contributed by atoms with Crippen molar-refractivity contribution in [1.29, 1.82) is 5.41 Å². The molecule has 0 saturated carbocycles. The van der Waals surface area contributed by atoms with Gasteiger partial charge in [0, 0.05) is 36.2 Å². The number of anilines is 1. The second-order valence-corrected chi connectivity index (χ2v) is 7.77. The Labute approximate surface area is 185 Å². The lowest BCUT2D eigenvalue weighted by molar-refractivity contribution is 0.181. The van der Waals surface area contributed by atoms with Gasteiger partial charge in [0.25, 0.3) is 0 Å². The molecule has 1 aliphatic heterocycles. The molecule has 1 N–H and O–H groups in total. The summed E-state index contributed by atoms with van der Waals surface area (Å²) in [5.74, 6) is 1.14. The molecule has 0 atom stereocenters. The van der Waals surface area contributed by atoms with E-state index in [0.717, 1.165) is 57.4 Å². The number of aromatic nitrogens is 1. The molecule has 0 fully saturated rings. The minimum absolute atomic E-state index is 0.229. The Hall–Kier alpha value is -3.12. The van der Waals surface area contributed by atoms with Crippen molar-refractivity contribution in [2.45, 2.75) is 34.6 Å².